The zero-order valence-electron chi connectivity index (χ0n) is 8.33. The fourth-order valence-corrected chi connectivity index (χ4v) is 1.60. The maximum absolute atomic E-state index is 11.5. The Labute approximate surface area is 78.7 Å². The maximum Gasteiger partial charge on any atom is 0.311 e. The fourth-order valence-electron chi connectivity index (χ4n) is 1.60. The topological polar surface area (TPSA) is 50.1 Å². The molecule has 0 bridgehead atoms. The van der Waals surface area contributed by atoms with Crippen molar-refractivity contribution in [2.45, 2.75) is 27.2 Å². The van der Waals surface area contributed by atoms with Crippen LogP contribution in [0.15, 0.2) is 0 Å². The maximum atomic E-state index is 11.5. The molecule has 0 aromatic heterocycles. The monoisotopic (exact) mass is 181 g/mol. The molecule has 0 aromatic carbocycles. The van der Waals surface area contributed by atoms with E-state index in [-0.39, 0.29) is 17.8 Å². The summed E-state index contributed by atoms with van der Waals surface area (Å²) in [5, 5.41) is 8.65. The first-order chi connectivity index (χ1) is 6.04. The van der Waals surface area contributed by atoms with E-state index in [0.717, 1.165) is 6.42 Å². The van der Waals surface area contributed by atoms with Crippen molar-refractivity contribution in [1.82, 2.24) is 0 Å². The van der Waals surface area contributed by atoms with Gasteiger partial charge in [0, 0.05) is 0 Å². The van der Waals surface area contributed by atoms with Gasteiger partial charge in [0.15, 0.2) is 0 Å². The van der Waals surface area contributed by atoms with Crippen molar-refractivity contribution >= 4 is 5.97 Å². The lowest BCUT2D eigenvalue weighted by atomic mass is 9.86. The number of nitriles is 1. The Morgan fingerprint density at radius 2 is 2.31 bits per heavy atom. The molecule has 3 heteroatoms. The van der Waals surface area contributed by atoms with Gasteiger partial charge in [-0.3, -0.25) is 4.79 Å². The summed E-state index contributed by atoms with van der Waals surface area (Å²) in [6.07, 6.45) is 0.836. The van der Waals surface area contributed by atoms with E-state index < -0.39 is 5.41 Å². The van der Waals surface area contributed by atoms with Crippen LogP contribution in [0.2, 0.25) is 0 Å². The number of carbonyl (C=O) groups is 1. The standard InChI is InChI=1S/C10H15NO2/c1-4-13-9(12)10(2,3)8-5-7(8)6-11/h7-8H,4-5H2,1-3H3. The van der Waals surface area contributed by atoms with Crippen LogP contribution in [-0.2, 0) is 9.53 Å². The van der Waals surface area contributed by atoms with E-state index >= 15 is 0 Å². The Morgan fingerprint density at radius 3 is 2.69 bits per heavy atom. The molecule has 1 rings (SSSR count). The predicted octanol–water partition coefficient (Wildman–Crippen LogP) is 1.74. The van der Waals surface area contributed by atoms with E-state index in [1.165, 1.54) is 0 Å². The van der Waals surface area contributed by atoms with Crippen LogP contribution < -0.4 is 0 Å². The highest BCUT2D eigenvalue weighted by molar-refractivity contribution is 5.77. The summed E-state index contributed by atoms with van der Waals surface area (Å²) in [5.41, 5.74) is -0.490. The minimum Gasteiger partial charge on any atom is -0.466 e. The lowest BCUT2D eigenvalue weighted by molar-refractivity contribution is -0.154. The van der Waals surface area contributed by atoms with Crippen LogP contribution in [0.5, 0.6) is 0 Å². The quantitative estimate of drug-likeness (QED) is 0.623. The van der Waals surface area contributed by atoms with E-state index in [4.69, 9.17) is 10.00 Å². The summed E-state index contributed by atoms with van der Waals surface area (Å²) >= 11 is 0. The Balaban J connectivity index is 2.57. The van der Waals surface area contributed by atoms with Crippen molar-refractivity contribution in [3.8, 4) is 6.07 Å². The number of nitrogens with zero attached hydrogens (tertiary/aromatic N) is 1. The molecule has 2 atom stereocenters. The molecule has 0 amide bonds. The third-order valence-electron chi connectivity index (χ3n) is 2.68. The summed E-state index contributed by atoms with van der Waals surface area (Å²) in [5.74, 6) is 0.0636. The largest absolute Gasteiger partial charge is 0.466 e. The van der Waals surface area contributed by atoms with E-state index in [1.54, 1.807) is 6.92 Å². The molecule has 0 heterocycles. The molecular weight excluding hydrogens is 166 g/mol. The average Bonchev–Trinajstić information content (AvgIpc) is 2.83. The zero-order chi connectivity index (χ0) is 10.1. The normalized spacial score (nSPS) is 26.3. The van der Waals surface area contributed by atoms with Crippen molar-refractivity contribution < 1.29 is 9.53 Å². The SMILES string of the molecule is CCOC(=O)C(C)(C)C1CC1C#N. The van der Waals surface area contributed by atoms with Gasteiger partial charge in [-0.15, -0.1) is 0 Å². The van der Waals surface area contributed by atoms with Crippen molar-refractivity contribution in [2.75, 3.05) is 6.61 Å². The van der Waals surface area contributed by atoms with E-state index in [9.17, 15) is 4.79 Å². The second kappa shape index (κ2) is 3.37. The molecule has 13 heavy (non-hydrogen) atoms. The Kier molecular flexibility index (Phi) is 2.60. The first-order valence-corrected chi connectivity index (χ1v) is 4.60. The Hall–Kier alpha value is -1.04. The van der Waals surface area contributed by atoms with Gasteiger partial charge in [-0.25, -0.2) is 0 Å². The van der Waals surface area contributed by atoms with Gasteiger partial charge in [0.25, 0.3) is 0 Å². The molecule has 0 aromatic rings. The number of ether oxygens (including phenoxy) is 1. The smallest absolute Gasteiger partial charge is 0.311 e. The van der Waals surface area contributed by atoms with E-state index in [1.807, 2.05) is 13.8 Å². The van der Waals surface area contributed by atoms with E-state index in [0.29, 0.717) is 6.61 Å². The van der Waals surface area contributed by atoms with Crippen LogP contribution in [0.4, 0.5) is 0 Å². The van der Waals surface area contributed by atoms with Crippen molar-refractivity contribution in [2.24, 2.45) is 17.3 Å². The number of hydrogen-bond donors (Lipinski definition) is 0. The molecule has 1 aliphatic carbocycles. The van der Waals surface area contributed by atoms with Gasteiger partial charge in [0.2, 0.25) is 0 Å². The van der Waals surface area contributed by atoms with Crippen molar-refractivity contribution in [3.63, 3.8) is 0 Å². The fraction of sp³-hybridized carbons (Fsp3) is 0.800. The second-order valence-electron chi connectivity index (χ2n) is 4.02. The molecule has 0 aliphatic heterocycles. The third kappa shape index (κ3) is 1.82. The summed E-state index contributed by atoms with van der Waals surface area (Å²) in [6.45, 7) is 5.91. The predicted molar refractivity (Wildman–Crippen MR) is 47.6 cm³/mol. The van der Waals surface area contributed by atoms with Gasteiger partial charge in [-0.2, -0.15) is 5.26 Å². The molecular formula is C10H15NO2. The number of rotatable bonds is 3. The van der Waals surface area contributed by atoms with Gasteiger partial charge >= 0.3 is 5.97 Å². The van der Waals surface area contributed by atoms with Crippen molar-refractivity contribution in [1.29, 1.82) is 5.26 Å². The van der Waals surface area contributed by atoms with Gasteiger partial charge in [0.1, 0.15) is 0 Å². The lowest BCUT2D eigenvalue weighted by Gasteiger charge is -2.21. The highest BCUT2D eigenvalue weighted by atomic mass is 16.5. The van der Waals surface area contributed by atoms with Crippen molar-refractivity contribution in [3.05, 3.63) is 0 Å². The lowest BCUT2D eigenvalue weighted by Crippen LogP contribution is -2.29. The molecule has 0 spiro atoms. The number of hydrogen-bond acceptors (Lipinski definition) is 3. The van der Waals surface area contributed by atoms with Crippen LogP contribution in [0.1, 0.15) is 27.2 Å². The Morgan fingerprint density at radius 1 is 1.69 bits per heavy atom. The molecule has 3 nitrogen and oxygen atoms in total. The number of esters is 1. The number of carbonyl (C=O) groups excluding carboxylic acids is 1. The molecule has 1 saturated carbocycles. The molecule has 1 aliphatic rings. The summed E-state index contributed by atoms with van der Waals surface area (Å²) in [6, 6.07) is 2.18. The van der Waals surface area contributed by atoms with Crippen LogP contribution in [0.25, 0.3) is 0 Å². The van der Waals surface area contributed by atoms with E-state index in [2.05, 4.69) is 6.07 Å². The van der Waals surface area contributed by atoms with Gasteiger partial charge in [-0.1, -0.05) is 0 Å². The molecule has 1 fully saturated rings. The molecule has 0 N–H and O–H groups in total. The van der Waals surface area contributed by atoms with Gasteiger partial charge in [-0.05, 0) is 33.1 Å². The van der Waals surface area contributed by atoms with Crippen LogP contribution in [0, 0.1) is 28.6 Å². The summed E-state index contributed by atoms with van der Waals surface area (Å²) in [4.78, 5) is 11.5. The highest BCUT2D eigenvalue weighted by Gasteiger charge is 2.52. The molecule has 2 unspecified atom stereocenters. The molecule has 0 radical (unpaired) electrons. The second-order valence-corrected chi connectivity index (χ2v) is 4.02. The highest BCUT2D eigenvalue weighted by Crippen LogP contribution is 2.50. The summed E-state index contributed by atoms with van der Waals surface area (Å²) in [7, 11) is 0. The first-order valence-electron chi connectivity index (χ1n) is 4.60. The molecule has 0 saturated heterocycles. The Bertz CT molecular complexity index is 252. The first kappa shape index (κ1) is 10.0. The van der Waals surface area contributed by atoms with Crippen LogP contribution >= 0.6 is 0 Å². The minimum atomic E-state index is -0.490. The van der Waals surface area contributed by atoms with Gasteiger partial charge in [0.05, 0.1) is 24.0 Å². The zero-order valence-corrected chi connectivity index (χ0v) is 8.33. The summed E-state index contributed by atoms with van der Waals surface area (Å²) < 4.78 is 4.95. The van der Waals surface area contributed by atoms with Crippen LogP contribution in [0.3, 0.4) is 0 Å². The van der Waals surface area contributed by atoms with Gasteiger partial charge < -0.3 is 4.74 Å². The average molecular weight is 181 g/mol. The third-order valence-corrected chi connectivity index (χ3v) is 2.68. The minimum absolute atomic E-state index is 0.0550. The molecule has 72 valence electrons. The van der Waals surface area contributed by atoms with Crippen LogP contribution in [-0.4, -0.2) is 12.6 Å².